The average molecular weight is 279 g/mol. The minimum Gasteiger partial charge on any atom is -0.495 e. The Hall–Kier alpha value is -1.87. The molecule has 4 heteroatoms. The summed E-state index contributed by atoms with van der Waals surface area (Å²) in [4.78, 5) is 12.3. The van der Waals surface area contributed by atoms with Crippen LogP contribution in [0.15, 0.2) is 36.4 Å². The summed E-state index contributed by atoms with van der Waals surface area (Å²) in [6.45, 7) is 1.76. The Kier molecular flexibility index (Phi) is 3.86. The van der Waals surface area contributed by atoms with Crippen LogP contribution in [0.3, 0.4) is 0 Å². The normalized spacial score (nSPS) is 10.3. The molecule has 0 fully saturated rings. The van der Waals surface area contributed by atoms with Gasteiger partial charge in [0.25, 0.3) is 0 Å². The van der Waals surface area contributed by atoms with Crippen LogP contribution in [0, 0.1) is 12.7 Å². The summed E-state index contributed by atoms with van der Waals surface area (Å²) >= 11 is 5.91. The minimum atomic E-state index is -0.435. The van der Waals surface area contributed by atoms with Crippen LogP contribution in [0.25, 0.3) is 0 Å². The number of hydrogen-bond donors (Lipinski definition) is 0. The van der Waals surface area contributed by atoms with Gasteiger partial charge in [0.05, 0.1) is 12.1 Å². The highest BCUT2D eigenvalue weighted by atomic mass is 35.5. The summed E-state index contributed by atoms with van der Waals surface area (Å²) in [6, 6.07) is 8.87. The van der Waals surface area contributed by atoms with Crippen LogP contribution >= 0.6 is 11.6 Å². The third kappa shape index (κ3) is 2.76. The highest BCUT2D eigenvalue weighted by molar-refractivity contribution is 6.32. The van der Waals surface area contributed by atoms with E-state index in [1.54, 1.807) is 31.2 Å². The van der Waals surface area contributed by atoms with E-state index in [0.717, 1.165) is 5.56 Å². The molecule has 98 valence electrons. The second kappa shape index (κ2) is 5.41. The molecule has 0 heterocycles. The predicted molar refractivity (Wildman–Crippen MR) is 72.6 cm³/mol. The van der Waals surface area contributed by atoms with Crippen LogP contribution in [-0.4, -0.2) is 12.9 Å². The van der Waals surface area contributed by atoms with Gasteiger partial charge in [0.2, 0.25) is 0 Å². The van der Waals surface area contributed by atoms with Gasteiger partial charge in [0, 0.05) is 11.1 Å². The fourth-order valence-electron chi connectivity index (χ4n) is 1.80. The van der Waals surface area contributed by atoms with Crippen LogP contribution < -0.4 is 4.74 Å². The Labute approximate surface area is 115 Å². The summed E-state index contributed by atoms with van der Waals surface area (Å²) in [6.07, 6.45) is 0. The smallest absolute Gasteiger partial charge is 0.193 e. The third-order valence-corrected chi connectivity index (χ3v) is 3.17. The number of ether oxygens (including phenoxy) is 1. The van der Waals surface area contributed by atoms with E-state index in [1.165, 1.54) is 19.2 Å². The number of carbonyl (C=O) groups excluding carboxylic acids is 1. The molecule has 2 rings (SSSR count). The zero-order chi connectivity index (χ0) is 14.0. The van der Waals surface area contributed by atoms with Crippen LogP contribution in [0.5, 0.6) is 5.75 Å². The number of rotatable bonds is 3. The van der Waals surface area contributed by atoms with Crippen molar-refractivity contribution >= 4 is 17.4 Å². The maximum Gasteiger partial charge on any atom is 0.193 e. The van der Waals surface area contributed by atoms with Gasteiger partial charge in [0.15, 0.2) is 5.78 Å². The van der Waals surface area contributed by atoms with Gasteiger partial charge < -0.3 is 4.74 Å². The second-order valence-electron chi connectivity index (χ2n) is 4.14. The molecular formula is C15H12ClFO2. The van der Waals surface area contributed by atoms with E-state index in [2.05, 4.69) is 0 Å². The molecule has 0 atom stereocenters. The first kappa shape index (κ1) is 13.6. The van der Waals surface area contributed by atoms with Gasteiger partial charge in [-0.25, -0.2) is 4.39 Å². The van der Waals surface area contributed by atoms with Crippen LogP contribution in [-0.2, 0) is 0 Å². The predicted octanol–water partition coefficient (Wildman–Crippen LogP) is 4.03. The number of aryl methyl sites for hydroxylation is 1. The van der Waals surface area contributed by atoms with Crippen molar-refractivity contribution in [1.29, 1.82) is 0 Å². The van der Waals surface area contributed by atoms with E-state index in [4.69, 9.17) is 16.3 Å². The molecule has 0 unspecified atom stereocenters. The summed E-state index contributed by atoms with van der Waals surface area (Å²) in [5.74, 6) is -0.275. The molecule has 0 N–H and O–H groups in total. The van der Waals surface area contributed by atoms with Gasteiger partial charge in [0.1, 0.15) is 11.6 Å². The van der Waals surface area contributed by atoms with Gasteiger partial charge in [-0.05, 0) is 42.8 Å². The van der Waals surface area contributed by atoms with Crippen LogP contribution in [0.2, 0.25) is 5.02 Å². The number of halogens is 2. The van der Waals surface area contributed by atoms with Gasteiger partial charge in [-0.2, -0.15) is 0 Å². The number of methoxy groups -OCH3 is 1. The van der Waals surface area contributed by atoms with E-state index in [1.807, 2.05) is 0 Å². The molecule has 0 aliphatic heterocycles. The van der Waals surface area contributed by atoms with Crippen molar-refractivity contribution in [2.75, 3.05) is 7.11 Å². The second-order valence-corrected chi connectivity index (χ2v) is 4.54. The van der Waals surface area contributed by atoms with Crippen molar-refractivity contribution in [2.45, 2.75) is 6.92 Å². The topological polar surface area (TPSA) is 26.3 Å². The SMILES string of the molecule is COc1cc(C(=O)c2cc(F)ccc2C)ccc1Cl. The first-order chi connectivity index (χ1) is 9.02. The lowest BCUT2D eigenvalue weighted by molar-refractivity contribution is 0.103. The maximum atomic E-state index is 13.2. The average Bonchev–Trinajstić information content (AvgIpc) is 2.41. The number of benzene rings is 2. The molecule has 0 aromatic heterocycles. The van der Waals surface area contributed by atoms with Gasteiger partial charge in [-0.3, -0.25) is 4.79 Å². The Bertz CT molecular complexity index is 638. The molecular weight excluding hydrogens is 267 g/mol. The Morgan fingerprint density at radius 2 is 1.95 bits per heavy atom. The molecule has 0 bridgehead atoms. The summed E-state index contributed by atoms with van der Waals surface area (Å²) in [5.41, 5.74) is 1.47. The van der Waals surface area contributed by atoms with Gasteiger partial charge >= 0.3 is 0 Å². The molecule has 0 spiro atoms. The van der Waals surface area contributed by atoms with Crippen LogP contribution in [0.1, 0.15) is 21.5 Å². The van der Waals surface area contributed by atoms with Crippen molar-refractivity contribution in [3.8, 4) is 5.75 Å². The molecule has 0 radical (unpaired) electrons. The standard InChI is InChI=1S/C15H12ClFO2/c1-9-3-5-11(17)8-12(9)15(18)10-4-6-13(16)14(7-10)19-2/h3-8H,1-2H3. The minimum absolute atomic E-state index is 0.257. The molecule has 2 aromatic carbocycles. The third-order valence-electron chi connectivity index (χ3n) is 2.86. The van der Waals surface area contributed by atoms with Crippen molar-refractivity contribution in [3.63, 3.8) is 0 Å². The lowest BCUT2D eigenvalue weighted by atomic mass is 9.99. The largest absolute Gasteiger partial charge is 0.495 e. The first-order valence-electron chi connectivity index (χ1n) is 5.67. The highest BCUT2D eigenvalue weighted by Gasteiger charge is 2.14. The fourth-order valence-corrected chi connectivity index (χ4v) is 1.99. The van der Waals surface area contributed by atoms with E-state index in [0.29, 0.717) is 21.9 Å². The fraction of sp³-hybridized carbons (Fsp3) is 0.133. The summed E-state index contributed by atoms with van der Waals surface area (Å²) in [5, 5.41) is 0.426. The van der Waals surface area contributed by atoms with E-state index in [9.17, 15) is 9.18 Å². The van der Waals surface area contributed by atoms with Crippen molar-refractivity contribution in [2.24, 2.45) is 0 Å². The Morgan fingerprint density at radius 3 is 2.63 bits per heavy atom. The summed E-state index contributed by atoms with van der Waals surface area (Å²) in [7, 11) is 1.48. The van der Waals surface area contributed by atoms with Gasteiger partial charge in [-0.1, -0.05) is 17.7 Å². The lowest BCUT2D eigenvalue weighted by Crippen LogP contribution is -2.04. The number of ketones is 1. The molecule has 2 aromatic rings. The zero-order valence-electron chi connectivity index (χ0n) is 10.5. The first-order valence-corrected chi connectivity index (χ1v) is 6.05. The van der Waals surface area contributed by atoms with Gasteiger partial charge in [-0.15, -0.1) is 0 Å². The molecule has 0 aliphatic rings. The molecule has 0 aliphatic carbocycles. The maximum absolute atomic E-state index is 13.2. The quantitative estimate of drug-likeness (QED) is 0.793. The lowest BCUT2D eigenvalue weighted by Gasteiger charge is -2.08. The van der Waals surface area contributed by atoms with Crippen molar-refractivity contribution in [3.05, 3.63) is 63.9 Å². The molecule has 0 saturated carbocycles. The number of carbonyl (C=O) groups is 1. The molecule has 2 nitrogen and oxygen atoms in total. The van der Waals surface area contributed by atoms with Crippen LogP contribution in [0.4, 0.5) is 4.39 Å². The highest BCUT2D eigenvalue weighted by Crippen LogP contribution is 2.26. The van der Waals surface area contributed by atoms with E-state index < -0.39 is 5.82 Å². The van der Waals surface area contributed by atoms with E-state index in [-0.39, 0.29) is 5.78 Å². The molecule has 0 saturated heterocycles. The summed E-state index contributed by atoms with van der Waals surface area (Å²) < 4.78 is 18.3. The number of hydrogen-bond acceptors (Lipinski definition) is 2. The Balaban J connectivity index is 2.47. The van der Waals surface area contributed by atoms with Crippen molar-refractivity contribution in [1.82, 2.24) is 0 Å². The van der Waals surface area contributed by atoms with Crippen molar-refractivity contribution < 1.29 is 13.9 Å². The monoisotopic (exact) mass is 278 g/mol. The molecule has 19 heavy (non-hydrogen) atoms. The van der Waals surface area contributed by atoms with E-state index >= 15 is 0 Å². The Morgan fingerprint density at radius 1 is 1.21 bits per heavy atom. The zero-order valence-corrected chi connectivity index (χ0v) is 11.3. The molecule has 0 amide bonds.